The van der Waals surface area contributed by atoms with Crippen LogP contribution in [-0.2, 0) is 0 Å². The zero-order chi connectivity index (χ0) is 10.8. The summed E-state index contributed by atoms with van der Waals surface area (Å²) < 4.78 is 0. The van der Waals surface area contributed by atoms with Crippen molar-refractivity contribution >= 4 is 23.2 Å². The van der Waals surface area contributed by atoms with Crippen molar-refractivity contribution in [3.8, 4) is 0 Å². The van der Waals surface area contributed by atoms with Gasteiger partial charge in [0.05, 0.1) is 16.2 Å². The average Bonchev–Trinajstić information content (AvgIpc) is 2.74. The van der Waals surface area contributed by atoms with Crippen molar-refractivity contribution in [2.75, 3.05) is 0 Å². The second-order valence-corrected chi connectivity index (χ2v) is 3.92. The van der Waals surface area contributed by atoms with Crippen LogP contribution >= 0.6 is 23.2 Å². The van der Waals surface area contributed by atoms with Crippen LogP contribution in [0.15, 0.2) is 30.6 Å². The number of hydrogen-bond donors (Lipinski definition) is 2. The monoisotopic (exact) mass is 242 g/mol. The smallest absolute Gasteiger partial charge is 0.107 e. The third-order valence-corrected chi connectivity index (χ3v) is 2.83. The highest BCUT2D eigenvalue weighted by atomic mass is 35.5. The van der Waals surface area contributed by atoms with E-state index in [1.54, 1.807) is 30.6 Å². The van der Waals surface area contributed by atoms with E-state index in [2.05, 4.69) is 10.2 Å². The van der Waals surface area contributed by atoms with Crippen molar-refractivity contribution < 1.29 is 5.11 Å². The molecule has 0 amide bonds. The molecule has 1 heterocycles. The van der Waals surface area contributed by atoms with E-state index < -0.39 is 6.10 Å². The van der Waals surface area contributed by atoms with Crippen molar-refractivity contribution in [1.82, 2.24) is 10.2 Å². The minimum absolute atomic E-state index is 0.428. The first-order valence-corrected chi connectivity index (χ1v) is 5.06. The molecular weight excluding hydrogens is 235 g/mol. The average molecular weight is 243 g/mol. The molecular formula is C10H8Cl2N2O. The van der Waals surface area contributed by atoms with E-state index in [4.69, 9.17) is 23.2 Å². The van der Waals surface area contributed by atoms with Crippen molar-refractivity contribution in [3.05, 3.63) is 51.8 Å². The number of nitrogens with zero attached hydrogens (tertiary/aromatic N) is 1. The van der Waals surface area contributed by atoms with Crippen LogP contribution in [0, 0.1) is 0 Å². The first-order valence-electron chi connectivity index (χ1n) is 4.30. The van der Waals surface area contributed by atoms with Gasteiger partial charge >= 0.3 is 0 Å². The van der Waals surface area contributed by atoms with Crippen LogP contribution in [0.4, 0.5) is 0 Å². The minimum atomic E-state index is -0.737. The van der Waals surface area contributed by atoms with Crippen LogP contribution in [0.1, 0.15) is 17.2 Å². The van der Waals surface area contributed by atoms with E-state index >= 15 is 0 Å². The molecule has 0 saturated carbocycles. The summed E-state index contributed by atoms with van der Waals surface area (Å²) in [7, 11) is 0. The highest BCUT2D eigenvalue weighted by molar-refractivity contribution is 6.42. The van der Waals surface area contributed by atoms with Gasteiger partial charge in [0.1, 0.15) is 6.10 Å². The molecule has 0 aliphatic heterocycles. The molecule has 0 saturated heterocycles. The second kappa shape index (κ2) is 4.23. The topological polar surface area (TPSA) is 48.9 Å². The SMILES string of the molecule is OC(c1cn[nH]c1)c1ccc(Cl)c(Cl)c1. The molecule has 1 aromatic carbocycles. The van der Waals surface area contributed by atoms with Crippen LogP contribution in [-0.4, -0.2) is 15.3 Å². The molecule has 0 spiro atoms. The highest BCUT2D eigenvalue weighted by Crippen LogP contribution is 2.28. The maximum absolute atomic E-state index is 9.93. The minimum Gasteiger partial charge on any atom is -0.384 e. The van der Waals surface area contributed by atoms with Crippen molar-refractivity contribution in [3.63, 3.8) is 0 Å². The summed E-state index contributed by atoms with van der Waals surface area (Å²) in [5, 5.41) is 17.2. The zero-order valence-corrected chi connectivity index (χ0v) is 9.13. The lowest BCUT2D eigenvalue weighted by Gasteiger charge is -2.09. The van der Waals surface area contributed by atoms with E-state index in [0.717, 1.165) is 0 Å². The largest absolute Gasteiger partial charge is 0.384 e. The van der Waals surface area contributed by atoms with Crippen LogP contribution in [0.5, 0.6) is 0 Å². The molecule has 3 nitrogen and oxygen atoms in total. The van der Waals surface area contributed by atoms with Crippen molar-refractivity contribution in [1.29, 1.82) is 0 Å². The molecule has 0 bridgehead atoms. The van der Waals surface area contributed by atoms with Gasteiger partial charge in [-0.25, -0.2) is 0 Å². The lowest BCUT2D eigenvalue weighted by Crippen LogP contribution is -1.97. The summed E-state index contributed by atoms with van der Waals surface area (Å²) in [6.07, 6.45) is 2.46. The fraction of sp³-hybridized carbons (Fsp3) is 0.100. The Morgan fingerprint density at radius 2 is 2.00 bits per heavy atom. The standard InChI is InChI=1S/C10H8Cl2N2O/c11-8-2-1-6(3-9(8)12)10(15)7-4-13-14-5-7/h1-5,10,15H,(H,13,14). The molecule has 2 rings (SSSR count). The molecule has 2 N–H and O–H groups in total. The van der Waals surface area contributed by atoms with Crippen LogP contribution in [0.2, 0.25) is 10.0 Å². The van der Waals surface area contributed by atoms with Gasteiger partial charge < -0.3 is 5.11 Å². The molecule has 78 valence electrons. The van der Waals surface area contributed by atoms with E-state index in [1.165, 1.54) is 0 Å². The van der Waals surface area contributed by atoms with Crippen LogP contribution < -0.4 is 0 Å². The summed E-state index contributed by atoms with van der Waals surface area (Å²) >= 11 is 11.6. The number of benzene rings is 1. The lowest BCUT2D eigenvalue weighted by atomic mass is 10.1. The van der Waals surface area contributed by atoms with Gasteiger partial charge in [0.25, 0.3) is 0 Å². The Morgan fingerprint density at radius 1 is 1.20 bits per heavy atom. The van der Waals surface area contributed by atoms with E-state index in [0.29, 0.717) is 21.2 Å². The quantitative estimate of drug-likeness (QED) is 0.851. The molecule has 1 aromatic heterocycles. The molecule has 0 fully saturated rings. The highest BCUT2D eigenvalue weighted by Gasteiger charge is 2.12. The Balaban J connectivity index is 2.34. The van der Waals surface area contributed by atoms with Crippen molar-refractivity contribution in [2.24, 2.45) is 0 Å². The molecule has 1 unspecified atom stereocenters. The van der Waals surface area contributed by atoms with Gasteiger partial charge in [0, 0.05) is 11.8 Å². The van der Waals surface area contributed by atoms with E-state index in [1.807, 2.05) is 0 Å². The Hall–Kier alpha value is -1.03. The predicted octanol–water partition coefficient (Wildman–Crippen LogP) is 2.80. The van der Waals surface area contributed by atoms with E-state index in [-0.39, 0.29) is 0 Å². The summed E-state index contributed by atoms with van der Waals surface area (Å²) in [5.41, 5.74) is 1.37. The van der Waals surface area contributed by atoms with Gasteiger partial charge in [-0.05, 0) is 17.7 Å². The third kappa shape index (κ3) is 2.15. The Bertz CT molecular complexity index is 456. The van der Waals surface area contributed by atoms with Gasteiger partial charge in [-0.1, -0.05) is 29.3 Å². The van der Waals surface area contributed by atoms with Gasteiger partial charge in [-0.15, -0.1) is 0 Å². The number of H-pyrrole nitrogens is 1. The molecule has 0 aliphatic rings. The summed E-state index contributed by atoms with van der Waals surface area (Å²) in [6.45, 7) is 0. The molecule has 15 heavy (non-hydrogen) atoms. The van der Waals surface area contributed by atoms with Gasteiger partial charge in [-0.2, -0.15) is 5.10 Å². The normalized spacial score (nSPS) is 12.7. The number of aliphatic hydroxyl groups is 1. The molecule has 5 heteroatoms. The maximum atomic E-state index is 9.93. The number of nitrogens with one attached hydrogen (secondary N) is 1. The number of hydrogen-bond acceptors (Lipinski definition) is 2. The summed E-state index contributed by atoms with van der Waals surface area (Å²) in [5.74, 6) is 0. The van der Waals surface area contributed by atoms with Crippen molar-refractivity contribution in [2.45, 2.75) is 6.10 Å². The number of aromatic amines is 1. The summed E-state index contributed by atoms with van der Waals surface area (Å²) in [6, 6.07) is 5.02. The number of halogens is 2. The lowest BCUT2D eigenvalue weighted by molar-refractivity contribution is 0.220. The molecule has 0 radical (unpaired) electrons. The number of rotatable bonds is 2. The Labute approximate surface area is 96.7 Å². The number of aliphatic hydroxyl groups excluding tert-OH is 1. The first kappa shape index (κ1) is 10.5. The molecule has 0 aliphatic carbocycles. The first-order chi connectivity index (χ1) is 7.18. The fourth-order valence-corrected chi connectivity index (χ4v) is 1.59. The Kier molecular flexibility index (Phi) is 2.95. The Morgan fingerprint density at radius 3 is 2.60 bits per heavy atom. The van der Waals surface area contributed by atoms with Gasteiger partial charge in [-0.3, -0.25) is 5.10 Å². The predicted molar refractivity (Wildman–Crippen MR) is 59.1 cm³/mol. The second-order valence-electron chi connectivity index (χ2n) is 3.11. The number of aromatic nitrogens is 2. The molecule has 2 aromatic rings. The van der Waals surface area contributed by atoms with E-state index in [9.17, 15) is 5.11 Å². The third-order valence-electron chi connectivity index (χ3n) is 2.09. The fourth-order valence-electron chi connectivity index (χ4n) is 1.29. The van der Waals surface area contributed by atoms with Gasteiger partial charge in [0.2, 0.25) is 0 Å². The van der Waals surface area contributed by atoms with Crippen LogP contribution in [0.3, 0.4) is 0 Å². The van der Waals surface area contributed by atoms with Crippen LogP contribution in [0.25, 0.3) is 0 Å². The summed E-state index contributed by atoms with van der Waals surface area (Å²) in [4.78, 5) is 0. The van der Waals surface area contributed by atoms with Gasteiger partial charge in [0.15, 0.2) is 0 Å². The zero-order valence-electron chi connectivity index (χ0n) is 7.61. The maximum Gasteiger partial charge on any atom is 0.107 e. The molecule has 1 atom stereocenters.